The molecule has 1 N–H and O–H groups in total. The van der Waals surface area contributed by atoms with E-state index in [1.807, 2.05) is 0 Å². The Balaban J connectivity index is 1.48. The van der Waals surface area contributed by atoms with Crippen LogP contribution in [0.25, 0.3) is 0 Å². The SMILES string of the molecule is O=S(=O)(NC1CCC(Oc2ccc(C(F)(F)F)cn2)CC1)C1CC1. The van der Waals surface area contributed by atoms with Crippen molar-refractivity contribution in [1.82, 2.24) is 9.71 Å². The minimum Gasteiger partial charge on any atom is -0.474 e. The maximum absolute atomic E-state index is 12.5. The van der Waals surface area contributed by atoms with E-state index in [9.17, 15) is 21.6 Å². The van der Waals surface area contributed by atoms with E-state index in [2.05, 4.69) is 9.71 Å². The van der Waals surface area contributed by atoms with Crippen LogP contribution in [0, 0.1) is 0 Å². The van der Waals surface area contributed by atoms with Gasteiger partial charge in [-0.2, -0.15) is 13.2 Å². The van der Waals surface area contributed by atoms with Crippen molar-refractivity contribution in [2.24, 2.45) is 0 Å². The summed E-state index contributed by atoms with van der Waals surface area (Å²) in [6, 6.07) is 2.07. The molecule has 0 atom stereocenters. The third kappa shape index (κ3) is 4.38. The molecule has 0 aliphatic heterocycles. The molecule has 0 unspecified atom stereocenters. The van der Waals surface area contributed by atoms with Gasteiger partial charge in [-0.15, -0.1) is 0 Å². The van der Waals surface area contributed by atoms with Crippen LogP contribution >= 0.6 is 0 Å². The summed E-state index contributed by atoms with van der Waals surface area (Å²) in [6.45, 7) is 0. The van der Waals surface area contributed by atoms with E-state index in [0.717, 1.165) is 25.1 Å². The molecule has 1 heterocycles. The summed E-state index contributed by atoms with van der Waals surface area (Å²) in [5.41, 5.74) is -0.812. The number of hydrogen-bond donors (Lipinski definition) is 1. The Labute approximate surface area is 138 Å². The first kappa shape index (κ1) is 17.5. The highest BCUT2D eigenvalue weighted by atomic mass is 32.2. The maximum atomic E-state index is 12.5. The van der Waals surface area contributed by atoms with Gasteiger partial charge in [-0.3, -0.25) is 0 Å². The predicted octanol–water partition coefficient (Wildman–Crippen LogP) is 2.87. The van der Waals surface area contributed by atoms with E-state index >= 15 is 0 Å². The molecular formula is C15H19F3N2O3S. The van der Waals surface area contributed by atoms with Crippen molar-refractivity contribution in [3.8, 4) is 5.88 Å². The first-order chi connectivity index (χ1) is 11.2. The van der Waals surface area contributed by atoms with Crippen LogP contribution in [-0.2, 0) is 16.2 Å². The third-order valence-corrected chi connectivity index (χ3v) is 6.33. The van der Waals surface area contributed by atoms with Crippen molar-refractivity contribution >= 4 is 10.0 Å². The van der Waals surface area contributed by atoms with Gasteiger partial charge in [0, 0.05) is 18.3 Å². The smallest absolute Gasteiger partial charge is 0.417 e. The van der Waals surface area contributed by atoms with Crippen molar-refractivity contribution in [2.75, 3.05) is 0 Å². The van der Waals surface area contributed by atoms with E-state index in [1.54, 1.807) is 0 Å². The minimum atomic E-state index is -4.41. The molecule has 2 aliphatic rings. The molecule has 5 nitrogen and oxygen atoms in total. The van der Waals surface area contributed by atoms with Gasteiger partial charge < -0.3 is 4.74 Å². The van der Waals surface area contributed by atoms with Gasteiger partial charge in [0.2, 0.25) is 15.9 Å². The Morgan fingerprint density at radius 1 is 1.08 bits per heavy atom. The van der Waals surface area contributed by atoms with Gasteiger partial charge >= 0.3 is 6.18 Å². The van der Waals surface area contributed by atoms with Crippen LogP contribution in [0.2, 0.25) is 0 Å². The molecule has 2 saturated carbocycles. The van der Waals surface area contributed by atoms with E-state index in [1.165, 1.54) is 6.07 Å². The number of hydrogen-bond acceptors (Lipinski definition) is 4. The summed E-state index contributed by atoms with van der Waals surface area (Å²) in [5, 5.41) is -0.233. The van der Waals surface area contributed by atoms with E-state index in [0.29, 0.717) is 25.7 Å². The van der Waals surface area contributed by atoms with Gasteiger partial charge in [-0.05, 0) is 44.6 Å². The van der Waals surface area contributed by atoms with Crippen LogP contribution in [0.15, 0.2) is 18.3 Å². The van der Waals surface area contributed by atoms with Gasteiger partial charge in [0.05, 0.1) is 10.8 Å². The highest BCUT2D eigenvalue weighted by Crippen LogP contribution is 2.31. The highest BCUT2D eigenvalue weighted by Gasteiger charge is 2.37. The molecule has 0 saturated heterocycles. The van der Waals surface area contributed by atoms with Crippen LogP contribution in [-0.4, -0.2) is 30.8 Å². The average molecular weight is 364 g/mol. The lowest BCUT2D eigenvalue weighted by atomic mass is 9.94. The minimum absolute atomic E-state index is 0.0870. The molecule has 9 heteroatoms. The first-order valence-electron chi connectivity index (χ1n) is 7.95. The number of sulfonamides is 1. The molecule has 0 aromatic carbocycles. The number of aromatic nitrogens is 1. The van der Waals surface area contributed by atoms with Crippen molar-refractivity contribution < 1.29 is 26.3 Å². The summed E-state index contributed by atoms with van der Waals surface area (Å²) in [5.74, 6) is 0.157. The van der Waals surface area contributed by atoms with Crippen LogP contribution in [0.3, 0.4) is 0 Å². The zero-order valence-corrected chi connectivity index (χ0v) is 13.7. The lowest BCUT2D eigenvalue weighted by molar-refractivity contribution is -0.137. The molecule has 0 amide bonds. The molecule has 2 aliphatic carbocycles. The van der Waals surface area contributed by atoms with Crippen LogP contribution in [0.5, 0.6) is 5.88 Å². The molecule has 1 aromatic rings. The normalized spacial score (nSPS) is 25.5. The summed E-state index contributed by atoms with van der Waals surface area (Å²) < 4.78 is 69.6. The molecule has 0 radical (unpaired) electrons. The lowest BCUT2D eigenvalue weighted by Gasteiger charge is -2.29. The summed E-state index contributed by atoms with van der Waals surface area (Å²) >= 11 is 0. The van der Waals surface area contributed by atoms with Gasteiger partial charge in [0.1, 0.15) is 6.10 Å². The van der Waals surface area contributed by atoms with Gasteiger partial charge in [-0.25, -0.2) is 18.1 Å². The molecule has 1 aromatic heterocycles. The summed E-state index contributed by atoms with van der Waals surface area (Å²) in [6.07, 6.45) is 0.222. The number of ether oxygens (including phenoxy) is 1. The zero-order valence-electron chi connectivity index (χ0n) is 12.9. The fourth-order valence-electron chi connectivity index (χ4n) is 2.79. The molecule has 0 spiro atoms. The second-order valence-corrected chi connectivity index (χ2v) is 8.33. The Hall–Kier alpha value is -1.35. The number of halogens is 3. The number of alkyl halides is 3. The fraction of sp³-hybridized carbons (Fsp3) is 0.667. The quantitative estimate of drug-likeness (QED) is 0.872. The van der Waals surface area contributed by atoms with Crippen molar-refractivity contribution in [3.63, 3.8) is 0 Å². The second kappa shape index (κ2) is 6.51. The second-order valence-electron chi connectivity index (χ2n) is 6.34. The van der Waals surface area contributed by atoms with Crippen LogP contribution in [0.1, 0.15) is 44.1 Å². The van der Waals surface area contributed by atoms with Gasteiger partial charge in [0.15, 0.2) is 0 Å². The zero-order chi connectivity index (χ0) is 17.4. The average Bonchev–Trinajstić information content (AvgIpc) is 3.34. The lowest BCUT2D eigenvalue weighted by Crippen LogP contribution is -2.41. The number of rotatable bonds is 5. The van der Waals surface area contributed by atoms with Crippen molar-refractivity contribution in [3.05, 3.63) is 23.9 Å². The topological polar surface area (TPSA) is 68.3 Å². The third-order valence-electron chi connectivity index (χ3n) is 4.32. The van der Waals surface area contributed by atoms with Gasteiger partial charge in [0.25, 0.3) is 0 Å². The van der Waals surface area contributed by atoms with Gasteiger partial charge in [-0.1, -0.05) is 0 Å². The fourth-order valence-corrected chi connectivity index (χ4v) is 4.44. The number of nitrogens with one attached hydrogen (secondary N) is 1. The molecule has 2 fully saturated rings. The molecule has 24 heavy (non-hydrogen) atoms. The van der Waals surface area contributed by atoms with Crippen LogP contribution < -0.4 is 9.46 Å². The highest BCUT2D eigenvalue weighted by molar-refractivity contribution is 7.90. The summed E-state index contributed by atoms with van der Waals surface area (Å²) in [4.78, 5) is 3.70. The van der Waals surface area contributed by atoms with Crippen LogP contribution in [0.4, 0.5) is 13.2 Å². The maximum Gasteiger partial charge on any atom is 0.417 e. The Morgan fingerprint density at radius 3 is 2.25 bits per heavy atom. The monoisotopic (exact) mass is 364 g/mol. The van der Waals surface area contributed by atoms with Crippen molar-refractivity contribution in [2.45, 2.75) is 62.1 Å². The predicted molar refractivity (Wildman–Crippen MR) is 81.0 cm³/mol. The van der Waals surface area contributed by atoms with E-state index < -0.39 is 21.8 Å². The molecule has 3 rings (SSSR count). The Morgan fingerprint density at radius 2 is 1.75 bits per heavy atom. The summed E-state index contributed by atoms with van der Waals surface area (Å²) in [7, 11) is -3.19. The first-order valence-corrected chi connectivity index (χ1v) is 9.50. The molecule has 134 valence electrons. The molecule has 0 bridgehead atoms. The number of pyridine rings is 1. The Kier molecular flexibility index (Phi) is 4.74. The van der Waals surface area contributed by atoms with Crippen molar-refractivity contribution in [1.29, 1.82) is 0 Å². The van der Waals surface area contributed by atoms with E-state index in [-0.39, 0.29) is 23.3 Å². The van der Waals surface area contributed by atoms with E-state index in [4.69, 9.17) is 4.74 Å². The standard InChI is InChI=1S/C15H19F3N2O3S/c16-15(17,18)10-1-8-14(19-9-10)23-12-4-2-11(3-5-12)20-24(21,22)13-6-7-13/h1,8-9,11-13,20H,2-7H2. The molecular weight excluding hydrogens is 345 g/mol. The largest absolute Gasteiger partial charge is 0.474 e. The Bertz CT molecular complexity index is 664. The number of nitrogens with zero attached hydrogens (tertiary/aromatic N) is 1.